The van der Waals surface area contributed by atoms with Crippen molar-refractivity contribution in [1.29, 1.82) is 0 Å². The van der Waals surface area contributed by atoms with Crippen molar-refractivity contribution >= 4 is 9.84 Å². The Hall–Kier alpha value is -2.39. The maximum atomic E-state index is 12.5. The van der Waals surface area contributed by atoms with Crippen molar-refractivity contribution in [2.24, 2.45) is 0 Å². The van der Waals surface area contributed by atoms with Gasteiger partial charge in [-0.15, -0.1) is 0 Å². The average molecular weight is 322 g/mol. The topological polar surface area (TPSA) is 34.1 Å². The van der Waals surface area contributed by atoms with Crippen molar-refractivity contribution < 1.29 is 8.42 Å². The lowest BCUT2D eigenvalue weighted by atomic mass is 10.0. The number of hydrogen-bond acceptors (Lipinski definition) is 2. The number of sulfone groups is 1. The van der Waals surface area contributed by atoms with E-state index < -0.39 is 9.84 Å². The van der Waals surface area contributed by atoms with Crippen molar-refractivity contribution in [1.82, 2.24) is 0 Å². The monoisotopic (exact) mass is 322 g/mol. The van der Waals surface area contributed by atoms with Crippen LogP contribution in [0.3, 0.4) is 0 Å². The first-order chi connectivity index (χ1) is 11.0. The van der Waals surface area contributed by atoms with Gasteiger partial charge in [0.1, 0.15) is 0 Å². The van der Waals surface area contributed by atoms with Crippen LogP contribution < -0.4 is 0 Å². The Morgan fingerprint density at radius 1 is 0.696 bits per heavy atom. The maximum Gasteiger partial charge on any atom is 0.182 e. The Morgan fingerprint density at radius 2 is 1.26 bits per heavy atom. The molecule has 3 rings (SSSR count). The minimum Gasteiger partial charge on any atom is -0.223 e. The minimum absolute atomic E-state index is 0.0190. The third-order valence-corrected chi connectivity index (χ3v) is 5.50. The fourth-order valence-corrected chi connectivity index (χ4v) is 3.82. The summed E-state index contributed by atoms with van der Waals surface area (Å²) >= 11 is 0. The van der Waals surface area contributed by atoms with Crippen LogP contribution in [-0.4, -0.2) is 8.42 Å². The number of rotatable bonds is 4. The van der Waals surface area contributed by atoms with Gasteiger partial charge in [0.2, 0.25) is 0 Å². The van der Waals surface area contributed by atoms with Crippen LogP contribution in [0.2, 0.25) is 0 Å². The third-order valence-electron chi connectivity index (χ3n) is 3.80. The van der Waals surface area contributed by atoms with Gasteiger partial charge in [0.15, 0.2) is 9.84 Å². The highest BCUT2D eigenvalue weighted by molar-refractivity contribution is 7.90. The molecular weight excluding hydrogens is 304 g/mol. The van der Waals surface area contributed by atoms with E-state index >= 15 is 0 Å². The van der Waals surface area contributed by atoms with E-state index in [0.29, 0.717) is 4.90 Å². The number of hydrogen-bond donors (Lipinski definition) is 0. The van der Waals surface area contributed by atoms with Gasteiger partial charge in [-0.25, -0.2) is 8.42 Å². The zero-order valence-corrected chi connectivity index (χ0v) is 13.8. The van der Waals surface area contributed by atoms with Gasteiger partial charge in [-0.05, 0) is 35.7 Å². The summed E-state index contributed by atoms with van der Waals surface area (Å²) in [5.74, 6) is 0.0190. The third kappa shape index (κ3) is 3.69. The zero-order chi connectivity index (χ0) is 16.3. The Labute approximate surface area is 137 Å². The second-order valence-corrected chi connectivity index (χ2v) is 7.62. The second kappa shape index (κ2) is 6.39. The maximum absolute atomic E-state index is 12.5. The average Bonchev–Trinajstić information content (AvgIpc) is 2.56. The molecule has 0 saturated carbocycles. The van der Waals surface area contributed by atoms with Crippen molar-refractivity contribution in [2.45, 2.75) is 17.6 Å². The van der Waals surface area contributed by atoms with Gasteiger partial charge in [0.05, 0.1) is 10.6 Å². The SMILES string of the molecule is Cc1ccc(S(=O)(=O)Cc2ccc(-c3ccccc3)cc2)cc1. The fraction of sp³-hybridized carbons (Fsp3) is 0.100. The molecule has 0 atom stereocenters. The van der Waals surface area contributed by atoms with Crippen LogP contribution >= 0.6 is 0 Å². The van der Waals surface area contributed by atoms with Crippen LogP contribution in [0, 0.1) is 6.92 Å². The molecule has 0 aliphatic rings. The molecule has 0 heterocycles. The zero-order valence-electron chi connectivity index (χ0n) is 12.9. The molecular formula is C20H18O2S. The number of aryl methyl sites for hydroxylation is 1. The van der Waals surface area contributed by atoms with E-state index in [-0.39, 0.29) is 5.75 Å². The highest BCUT2D eigenvalue weighted by Gasteiger charge is 2.15. The van der Waals surface area contributed by atoms with Gasteiger partial charge in [-0.2, -0.15) is 0 Å². The molecule has 3 aromatic rings. The predicted molar refractivity (Wildman–Crippen MR) is 93.9 cm³/mol. The summed E-state index contributed by atoms with van der Waals surface area (Å²) in [6.07, 6.45) is 0. The lowest BCUT2D eigenvalue weighted by Gasteiger charge is -2.07. The molecule has 0 radical (unpaired) electrons. The largest absolute Gasteiger partial charge is 0.223 e. The number of benzene rings is 3. The second-order valence-electron chi connectivity index (χ2n) is 5.64. The summed E-state index contributed by atoms with van der Waals surface area (Å²) in [4.78, 5) is 0.371. The minimum atomic E-state index is -3.31. The molecule has 116 valence electrons. The molecule has 2 nitrogen and oxygen atoms in total. The summed E-state index contributed by atoms with van der Waals surface area (Å²) < 4.78 is 24.9. The smallest absolute Gasteiger partial charge is 0.182 e. The molecule has 0 amide bonds. The van der Waals surface area contributed by atoms with E-state index in [1.54, 1.807) is 12.1 Å². The molecule has 0 bridgehead atoms. The van der Waals surface area contributed by atoms with Gasteiger partial charge in [0.25, 0.3) is 0 Å². The highest BCUT2D eigenvalue weighted by atomic mass is 32.2. The van der Waals surface area contributed by atoms with Crippen LogP contribution in [0.5, 0.6) is 0 Å². The van der Waals surface area contributed by atoms with Crippen LogP contribution in [0.1, 0.15) is 11.1 Å². The van der Waals surface area contributed by atoms with Gasteiger partial charge >= 0.3 is 0 Å². The van der Waals surface area contributed by atoms with E-state index in [4.69, 9.17) is 0 Å². The summed E-state index contributed by atoms with van der Waals surface area (Å²) in [6, 6.07) is 24.7. The van der Waals surface area contributed by atoms with E-state index in [1.165, 1.54) is 0 Å². The lowest BCUT2D eigenvalue weighted by molar-refractivity contribution is 0.595. The predicted octanol–water partition coefficient (Wildman–Crippen LogP) is 4.64. The first kappa shape index (κ1) is 15.5. The molecule has 0 unspecified atom stereocenters. The van der Waals surface area contributed by atoms with Crippen LogP contribution in [0.15, 0.2) is 83.8 Å². The molecule has 23 heavy (non-hydrogen) atoms. The Morgan fingerprint density at radius 3 is 1.87 bits per heavy atom. The summed E-state index contributed by atoms with van der Waals surface area (Å²) in [6.45, 7) is 1.94. The van der Waals surface area contributed by atoms with E-state index in [0.717, 1.165) is 22.3 Å². The molecule has 0 fully saturated rings. The molecule has 0 N–H and O–H groups in total. The van der Waals surface area contributed by atoms with Crippen molar-refractivity contribution in [3.8, 4) is 11.1 Å². The van der Waals surface area contributed by atoms with Crippen molar-refractivity contribution in [2.75, 3.05) is 0 Å². The van der Waals surface area contributed by atoms with E-state index in [9.17, 15) is 8.42 Å². The van der Waals surface area contributed by atoms with E-state index in [2.05, 4.69) is 0 Å². The molecule has 0 aliphatic carbocycles. The van der Waals surface area contributed by atoms with Crippen molar-refractivity contribution in [3.05, 3.63) is 90.0 Å². The van der Waals surface area contributed by atoms with Crippen LogP contribution in [-0.2, 0) is 15.6 Å². The molecule has 0 aromatic heterocycles. The molecule has 0 spiro atoms. The first-order valence-electron chi connectivity index (χ1n) is 7.48. The van der Waals surface area contributed by atoms with Gasteiger partial charge in [-0.1, -0.05) is 72.3 Å². The van der Waals surface area contributed by atoms with Crippen LogP contribution in [0.25, 0.3) is 11.1 Å². The lowest BCUT2D eigenvalue weighted by Crippen LogP contribution is -2.04. The molecule has 3 heteroatoms. The van der Waals surface area contributed by atoms with Crippen LogP contribution in [0.4, 0.5) is 0 Å². The Bertz CT molecular complexity index is 879. The Balaban J connectivity index is 1.82. The molecule has 0 saturated heterocycles. The van der Waals surface area contributed by atoms with Gasteiger partial charge in [-0.3, -0.25) is 0 Å². The van der Waals surface area contributed by atoms with Gasteiger partial charge in [0, 0.05) is 0 Å². The summed E-state index contributed by atoms with van der Waals surface area (Å²) in [5.41, 5.74) is 4.06. The fourth-order valence-electron chi connectivity index (χ4n) is 2.47. The normalized spacial score (nSPS) is 11.3. The molecule has 0 aliphatic heterocycles. The standard InChI is InChI=1S/C20H18O2S/c1-16-7-13-20(14-8-16)23(21,22)15-17-9-11-19(12-10-17)18-5-3-2-4-6-18/h2-14H,15H2,1H3. The summed E-state index contributed by atoms with van der Waals surface area (Å²) in [5, 5.41) is 0. The highest BCUT2D eigenvalue weighted by Crippen LogP contribution is 2.22. The first-order valence-corrected chi connectivity index (χ1v) is 9.14. The molecule has 3 aromatic carbocycles. The Kier molecular flexibility index (Phi) is 4.30. The quantitative estimate of drug-likeness (QED) is 0.701. The van der Waals surface area contributed by atoms with Gasteiger partial charge < -0.3 is 0 Å². The summed E-state index contributed by atoms with van der Waals surface area (Å²) in [7, 11) is -3.31. The van der Waals surface area contributed by atoms with E-state index in [1.807, 2.05) is 73.7 Å². The van der Waals surface area contributed by atoms with Crippen molar-refractivity contribution in [3.63, 3.8) is 0 Å².